The minimum Gasteiger partial charge on any atom is -0.452 e. The van der Waals surface area contributed by atoms with Crippen LogP contribution in [0, 0.1) is 12.7 Å². The molecule has 0 aromatic heterocycles. The second-order valence-corrected chi connectivity index (χ2v) is 6.41. The van der Waals surface area contributed by atoms with Gasteiger partial charge in [-0.1, -0.05) is 29.8 Å². The third kappa shape index (κ3) is 3.55. The maximum absolute atomic E-state index is 13.0. The van der Waals surface area contributed by atoms with E-state index in [1.54, 1.807) is 48.5 Å². The molecule has 1 heterocycles. The Balaban J connectivity index is 1.55. The van der Waals surface area contributed by atoms with Crippen molar-refractivity contribution in [1.82, 2.24) is 0 Å². The van der Waals surface area contributed by atoms with Crippen molar-refractivity contribution in [2.45, 2.75) is 6.92 Å². The van der Waals surface area contributed by atoms with Gasteiger partial charge in [0.2, 0.25) is 5.78 Å². The van der Waals surface area contributed by atoms with Crippen molar-refractivity contribution in [2.24, 2.45) is 0 Å². The van der Waals surface area contributed by atoms with E-state index in [-0.39, 0.29) is 23.1 Å². The SMILES string of the molecule is Cc1cccc(C(=O)Oc2ccc3c(c2)O/C(=C\c2ccc(F)cc2)C3=O)c1. The number of benzene rings is 3. The minimum atomic E-state index is -0.491. The Hall–Kier alpha value is -3.73. The maximum Gasteiger partial charge on any atom is 0.343 e. The third-order valence-electron chi connectivity index (χ3n) is 4.27. The molecule has 0 fully saturated rings. The monoisotopic (exact) mass is 374 g/mol. The average Bonchev–Trinajstić information content (AvgIpc) is 2.98. The highest BCUT2D eigenvalue weighted by Gasteiger charge is 2.28. The number of esters is 1. The Morgan fingerprint density at radius 2 is 1.82 bits per heavy atom. The highest BCUT2D eigenvalue weighted by molar-refractivity contribution is 6.14. The molecule has 0 saturated carbocycles. The average molecular weight is 374 g/mol. The summed E-state index contributed by atoms with van der Waals surface area (Å²) in [6.07, 6.45) is 1.54. The zero-order chi connectivity index (χ0) is 19.7. The van der Waals surface area contributed by atoms with Crippen LogP contribution in [-0.4, -0.2) is 11.8 Å². The van der Waals surface area contributed by atoms with E-state index in [9.17, 15) is 14.0 Å². The van der Waals surface area contributed by atoms with E-state index in [0.717, 1.165) is 5.56 Å². The van der Waals surface area contributed by atoms with Crippen molar-refractivity contribution in [3.05, 3.63) is 101 Å². The number of ketones is 1. The van der Waals surface area contributed by atoms with Gasteiger partial charge in [0.15, 0.2) is 5.76 Å². The molecule has 1 aliphatic rings. The molecule has 0 radical (unpaired) electrons. The van der Waals surface area contributed by atoms with Crippen LogP contribution in [0.5, 0.6) is 11.5 Å². The first-order chi connectivity index (χ1) is 13.5. The van der Waals surface area contributed by atoms with Crippen LogP contribution in [0.4, 0.5) is 4.39 Å². The van der Waals surface area contributed by atoms with Crippen molar-refractivity contribution in [3.63, 3.8) is 0 Å². The lowest BCUT2D eigenvalue weighted by molar-refractivity contribution is 0.0734. The summed E-state index contributed by atoms with van der Waals surface area (Å²) in [5.41, 5.74) is 2.41. The first kappa shape index (κ1) is 17.7. The number of halogens is 1. The number of carbonyl (C=O) groups is 2. The Bertz CT molecular complexity index is 1110. The van der Waals surface area contributed by atoms with Gasteiger partial charge in [-0.2, -0.15) is 0 Å². The predicted molar refractivity (Wildman–Crippen MR) is 102 cm³/mol. The van der Waals surface area contributed by atoms with Crippen molar-refractivity contribution in [2.75, 3.05) is 0 Å². The molecule has 3 aromatic rings. The minimum absolute atomic E-state index is 0.128. The molecule has 4 rings (SSSR count). The molecular formula is C23H15FO4. The van der Waals surface area contributed by atoms with Gasteiger partial charge in [0.25, 0.3) is 0 Å². The highest BCUT2D eigenvalue weighted by atomic mass is 19.1. The summed E-state index contributed by atoms with van der Waals surface area (Å²) in [7, 11) is 0. The molecule has 0 aliphatic carbocycles. The number of carbonyl (C=O) groups excluding carboxylic acids is 2. The predicted octanol–water partition coefficient (Wildman–Crippen LogP) is 4.97. The molecule has 4 nitrogen and oxygen atoms in total. The van der Waals surface area contributed by atoms with Crippen molar-refractivity contribution < 1.29 is 23.5 Å². The number of Topliss-reactive ketones (excluding diaryl/α,β-unsaturated/α-hetero) is 1. The molecular weight excluding hydrogens is 359 g/mol. The van der Waals surface area contributed by atoms with Crippen LogP contribution in [0.2, 0.25) is 0 Å². The fourth-order valence-corrected chi connectivity index (χ4v) is 2.88. The van der Waals surface area contributed by atoms with Gasteiger partial charge in [0.1, 0.15) is 17.3 Å². The van der Waals surface area contributed by atoms with Gasteiger partial charge in [-0.3, -0.25) is 4.79 Å². The third-order valence-corrected chi connectivity index (χ3v) is 4.27. The number of hydrogen-bond donors (Lipinski definition) is 0. The molecule has 0 bridgehead atoms. The number of aryl methyl sites for hydroxylation is 1. The van der Waals surface area contributed by atoms with Crippen molar-refractivity contribution >= 4 is 17.8 Å². The van der Waals surface area contributed by atoms with Crippen LogP contribution in [0.1, 0.15) is 31.8 Å². The lowest BCUT2D eigenvalue weighted by atomic mass is 10.1. The number of hydrogen-bond acceptors (Lipinski definition) is 4. The zero-order valence-corrected chi connectivity index (χ0v) is 14.9. The summed E-state index contributed by atoms with van der Waals surface area (Å²) in [6.45, 7) is 1.89. The second-order valence-electron chi connectivity index (χ2n) is 6.41. The van der Waals surface area contributed by atoms with E-state index >= 15 is 0 Å². The summed E-state index contributed by atoms with van der Waals surface area (Å²) in [6, 6.07) is 17.4. The Kier molecular flexibility index (Phi) is 4.49. The van der Waals surface area contributed by atoms with Gasteiger partial charge in [0, 0.05) is 6.07 Å². The highest BCUT2D eigenvalue weighted by Crippen LogP contribution is 2.35. The van der Waals surface area contributed by atoms with Crippen LogP contribution in [0.25, 0.3) is 6.08 Å². The fourth-order valence-electron chi connectivity index (χ4n) is 2.88. The molecule has 28 heavy (non-hydrogen) atoms. The molecule has 0 atom stereocenters. The van der Waals surface area contributed by atoms with E-state index in [0.29, 0.717) is 22.4 Å². The number of ether oxygens (including phenoxy) is 2. The van der Waals surface area contributed by atoms with Gasteiger partial charge < -0.3 is 9.47 Å². The lowest BCUT2D eigenvalue weighted by Gasteiger charge is -2.06. The summed E-state index contributed by atoms with van der Waals surface area (Å²) < 4.78 is 24.0. The largest absolute Gasteiger partial charge is 0.452 e. The second kappa shape index (κ2) is 7.12. The van der Waals surface area contributed by atoms with E-state index in [1.807, 2.05) is 13.0 Å². The number of rotatable bonds is 3. The summed E-state index contributed by atoms with van der Waals surface area (Å²) in [5.74, 6) is -0.409. The molecule has 0 saturated heterocycles. The molecule has 5 heteroatoms. The summed E-state index contributed by atoms with van der Waals surface area (Å²) in [5, 5.41) is 0. The zero-order valence-electron chi connectivity index (χ0n) is 14.9. The van der Waals surface area contributed by atoms with Crippen LogP contribution in [0.3, 0.4) is 0 Å². The quantitative estimate of drug-likeness (QED) is 0.369. The van der Waals surface area contributed by atoms with Gasteiger partial charge >= 0.3 is 5.97 Å². The molecule has 0 spiro atoms. The van der Waals surface area contributed by atoms with Crippen LogP contribution < -0.4 is 9.47 Å². The molecule has 0 amide bonds. The lowest BCUT2D eigenvalue weighted by Crippen LogP contribution is -2.08. The Morgan fingerprint density at radius 1 is 1.04 bits per heavy atom. The molecule has 1 aliphatic heterocycles. The fraction of sp³-hybridized carbons (Fsp3) is 0.0435. The van der Waals surface area contributed by atoms with E-state index in [2.05, 4.69) is 0 Å². The summed E-state index contributed by atoms with van der Waals surface area (Å²) >= 11 is 0. The van der Waals surface area contributed by atoms with Crippen LogP contribution >= 0.6 is 0 Å². The number of fused-ring (bicyclic) bond motifs is 1. The first-order valence-corrected chi connectivity index (χ1v) is 8.62. The normalized spacial score (nSPS) is 13.9. The maximum atomic E-state index is 13.0. The van der Waals surface area contributed by atoms with Crippen molar-refractivity contribution in [1.29, 1.82) is 0 Å². The number of allylic oxidation sites excluding steroid dienone is 1. The molecule has 0 unspecified atom stereocenters. The van der Waals surface area contributed by atoms with Crippen molar-refractivity contribution in [3.8, 4) is 11.5 Å². The first-order valence-electron chi connectivity index (χ1n) is 8.62. The van der Waals surface area contributed by atoms with Gasteiger partial charge in [-0.15, -0.1) is 0 Å². The molecule has 3 aromatic carbocycles. The molecule has 0 N–H and O–H groups in total. The van der Waals surface area contributed by atoms with Gasteiger partial charge in [-0.05, 0) is 55.0 Å². The van der Waals surface area contributed by atoms with Gasteiger partial charge in [-0.25, -0.2) is 9.18 Å². The Labute approximate surface area is 160 Å². The Morgan fingerprint density at radius 3 is 2.57 bits per heavy atom. The van der Waals surface area contributed by atoms with E-state index in [4.69, 9.17) is 9.47 Å². The smallest absolute Gasteiger partial charge is 0.343 e. The van der Waals surface area contributed by atoms with Gasteiger partial charge in [0.05, 0.1) is 11.1 Å². The standard InChI is InChI=1S/C23H15FO4/c1-14-3-2-4-16(11-14)23(26)27-18-9-10-19-20(13-18)28-21(22(19)25)12-15-5-7-17(24)8-6-15/h2-13H,1H3/b21-12-. The van der Waals surface area contributed by atoms with Crippen LogP contribution in [-0.2, 0) is 0 Å². The van der Waals surface area contributed by atoms with E-state index < -0.39 is 5.97 Å². The summed E-state index contributed by atoms with van der Waals surface area (Å²) in [4.78, 5) is 24.8. The van der Waals surface area contributed by atoms with E-state index in [1.165, 1.54) is 18.2 Å². The van der Waals surface area contributed by atoms with Crippen LogP contribution in [0.15, 0.2) is 72.5 Å². The topological polar surface area (TPSA) is 52.6 Å². The molecule has 138 valence electrons.